The number of carbonyl (C=O) groups is 2. The first-order valence-electron chi connectivity index (χ1n) is 12.3. The summed E-state index contributed by atoms with van der Waals surface area (Å²) in [4.78, 5) is 33.4. The predicted molar refractivity (Wildman–Crippen MR) is 142 cm³/mol. The van der Waals surface area contributed by atoms with E-state index in [-0.39, 0.29) is 24.3 Å². The zero-order valence-corrected chi connectivity index (χ0v) is 21.4. The highest BCUT2D eigenvalue weighted by molar-refractivity contribution is 7.09. The van der Waals surface area contributed by atoms with Gasteiger partial charge in [-0.3, -0.25) is 4.79 Å². The number of urea groups is 1. The number of anilines is 1. The first kappa shape index (κ1) is 26.3. The molecule has 0 unspecified atom stereocenters. The molecule has 2 aromatic carbocycles. The van der Waals surface area contributed by atoms with Crippen LogP contribution in [0.3, 0.4) is 0 Å². The highest BCUT2D eigenvalue weighted by atomic mass is 32.1. The van der Waals surface area contributed by atoms with Crippen LogP contribution in [0.4, 0.5) is 14.9 Å². The molecule has 0 bridgehead atoms. The van der Waals surface area contributed by atoms with E-state index in [1.54, 1.807) is 57.5 Å². The molecule has 1 saturated heterocycles. The summed E-state index contributed by atoms with van der Waals surface area (Å²) in [5.74, 6) is -0.512. The van der Waals surface area contributed by atoms with Gasteiger partial charge in [0, 0.05) is 30.2 Å². The van der Waals surface area contributed by atoms with Gasteiger partial charge in [-0.1, -0.05) is 18.2 Å². The van der Waals surface area contributed by atoms with Crippen molar-refractivity contribution in [3.8, 4) is 6.07 Å². The van der Waals surface area contributed by atoms with Crippen molar-refractivity contribution in [2.24, 2.45) is 0 Å². The Balaban J connectivity index is 1.48. The number of rotatable bonds is 10. The first-order valence-corrected chi connectivity index (χ1v) is 13.2. The molecule has 1 fully saturated rings. The maximum absolute atomic E-state index is 13.6. The fourth-order valence-electron chi connectivity index (χ4n) is 4.25. The summed E-state index contributed by atoms with van der Waals surface area (Å²) in [7, 11) is 0. The van der Waals surface area contributed by atoms with Crippen LogP contribution in [0.25, 0.3) is 0 Å². The molecule has 192 valence electrons. The number of amides is 3. The van der Waals surface area contributed by atoms with E-state index in [2.05, 4.69) is 16.3 Å². The van der Waals surface area contributed by atoms with Gasteiger partial charge in [-0.2, -0.15) is 5.26 Å². The molecule has 0 atom stereocenters. The smallest absolute Gasteiger partial charge is 0.322 e. The molecule has 1 aromatic heterocycles. The van der Waals surface area contributed by atoms with Crippen molar-refractivity contribution in [2.75, 3.05) is 38.0 Å². The van der Waals surface area contributed by atoms with E-state index in [1.165, 1.54) is 12.1 Å². The van der Waals surface area contributed by atoms with Crippen molar-refractivity contribution < 1.29 is 14.0 Å². The summed E-state index contributed by atoms with van der Waals surface area (Å²) in [6, 6.07) is 18.4. The third-order valence-electron chi connectivity index (χ3n) is 6.33. The molecule has 9 heteroatoms. The highest BCUT2D eigenvalue weighted by Gasteiger charge is 2.24. The van der Waals surface area contributed by atoms with Crippen molar-refractivity contribution in [1.82, 2.24) is 14.7 Å². The van der Waals surface area contributed by atoms with Crippen LogP contribution >= 0.6 is 11.3 Å². The standard InChI is InChI=1S/C28H30FN5O2S/c29-24-9-5-23(6-10-24)19-34(20-26-4-3-17-37-26)27(35)21-33(16-15-32-13-1-2-14-32)28(36)31-25-11-7-22(18-30)8-12-25/h3-12,17H,1-2,13-16,19-21H2,(H,31,36). The summed E-state index contributed by atoms with van der Waals surface area (Å²) >= 11 is 1.56. The number of nitriles is 1. The molecule has 1 N–H and O–H groups in total. The van der Waals surface area contributed by atoms with E-state index in [1.807, 2.05) is 17.5 Å². The summed E-state index contributed by atoms with van der Waals surface area (Å²) in [6.07, 6.45) is 2.28. The Labute approximate surface area is 220 Å². The molecule has 0 spiro atoms. The van der Waals surface area contributed by atoms with Gasteiger partial charge in [0.25, 0.3) is 0 Å². The molecule has 2 heterocycles. The van der Waals surface area contributed by atoms with Crippen LogP contribution in [-0.2, 0) is 17.9 Å². The van der Waals surface area contributed by atoms with Gasteiger partial charge in [-0.25, -0.2) is 9.18 Å². The molecule has 1 aliphatic heterocycles. The molecule has 7 nitrogen and oxygen atoms in total. The second-order valence-electron chi connectivity index (χ2n) is 9.05. The molecular formula is C28H30FN5O2S. The zero-order chi connectivity index (χ0) is 26.0. The summed E-state index contributed by atoms with van der Waals surface area (Å²) in [6.45, 7) is 3.73. The fraction of sp³-hybridized carbons (Fsp3) is 0.321. The summed E-state index contributed by atoms with van der Waals surface area (Å²) in [5.41, 5.74) is 1.88. The van der Waals surface area contributed by atoms with Gasteiger partial charge < -0.3 is 20.0 Å². The van der Waals surface area contributed by atoms with E-state index in [0.29, 0.717) is 37.4 Å². The van der Waals surface area contributed by atoms with Crippen molar-refractivity contribution >= 4 is 29.0 Å². The molecular weight excluding hydrogens is 489 g/mol. The lowest BCUT2D eigenvalue weighted by Gasteiger charge is -2.29. The predicted octanol–water partition coefficient (Wildman–Crippen LogP) is 4.92. The monoisotopic (exact) mass is 519 g/mol. The number of nitrogens with zero attached hydrogens (tertiary/aromatic N) is 4. The first-order chi connectivity index (χ1) is 18.0. The number of benzene rings is 2. The second-order valence-corrected chi connectivity index (χ2v) is 10.1. The van der Waals surface area contributed by atoms with Crippen LogP contribution < -0.4 is 5.32 Å². The van der Waals surface area contributed by atoms with Crippen LogP contribution in [-0.4, -0.2) is 59.4 Å². The lowest BCUT2D eigenvalue weighted by molar-refractivity contribution is -0.133. The largest absolute Gasteiger partial charge is 0.332 e. The Kier molecular flexibility index (Phi) is 9.24. The number of nitrogens with one attached hydrogen (secondary N) is 1. The number of hydrogen-bond donors (Lipinski definition) is 1. The molecule has 0 aliphatic carbocycles. The van der Waals surface area contributed by atoms with E-state index >= 15 is 0 Å². The van der Waals surface area contributed by atoms with Crippen LogP contribution in [0.2, 0.25) is 0 Å². The van der Waals surface area contributed by atoms with Crippen molar-refractivity contribution in [2.45, 2.75) is 25.9 Å². The van der Waals surface area contributed by atoms with Crippen LogP contribution in [0, 0.1) is 17.1 Å². The number of carbonyl (C=O) groups excluding carboxylic acids is 2. The minimum atomic E-state index is -0.366. The third-order valence-corrected chi connectivity index (χ3v) is 7.19. The second kappa shape index (κ2) is 13.0. The molecule has 0 saturated carbocycles. The summed E-state index contributed by atoms with van der Waals surface area (Å²) < 4.78 is 13.4. The molecule has 3 amide bonds. The van der Waals surface area contributed by atoms with E-state index in [9.17, 15) is 14.0 Å². The van der Waals surface area contributed by atoms with Crippen molar-refractivity contribution in [3.05, 3.63) is 87.9 Å². The van der Waals surface area contributed by atoms with Gasteiger partial charge in [-0.15, -0.1) is 11.3 Å². The maximum Gasteiger partial charge on any atom is 0.322 e. The van der Waals surface area contributed by atoms with Gasteiger partial charge in [-0.05, 0) is 79.3 Å². The van der Waals surface area contributed by atoms with Crippen LogP contribution in [0.5, 0.6) is 0 Å². The minimum Gasteiger partial charge on any atom is -0.332 e. The quantitative estimate of drug-likeness (QED) is 0.413. The average Bonchev–Trinajstić information content (AvgIpc) is 3.62. The van der Waals surface area contributed by atoms with E-state index in [0.717, 1.165) is 36.4 Å². The Morgan fingerprint density at radius 3 is 2.38 bits per heavy atom. The normalized spacial score (nSPS) is 13.2. The highest BCUT2D eigenvalue weighted by Crippen LogP contribution is 2.17. The summed E-state index contributed by atoms with van der Waals surface area (Å²) in [5, 5.41) is 13.8. The average molecular weight is 520 g/mol. The number of halogens is 1. The minimum absolute atomic E-state index is 0.0808. The Hall–Kier alpha value is -3.74. The van der Waals surface area contributed by atoms with Gasteiger partial charge in [0.15, 0.2) is 0 Å². The van der Waals surface area contributed by atoms with Gasteiger partial charge in [0.05, 0.1) is 18.2 Å². The number of likely N-dealkylation sites (tertiary alicyclic amines) is 1. The van der Waals surface area contributed by atoms with E-state index in [4.69, 9.17) is 5.26 Å². The van der Waals surface area contributed by atoms with Gasteiger partial charge in [0.1, 0.15) is 12.4 Å². The number of thiophene rings is 1. The maximum atomic E-state index is 13.6. The molecule has 0 radical (unpaired) electrons. The molecule has 1 aliphatic rings. The van der Waals surface area contributed by atoms with Crippen molar-refractivity contribution in [1.29, 1.82) is 5.26 Å². The Bertz CT molecular complexity index is 1200. The van der Waals surface area contributed by atoms with Crippen molar-refractivity contribution in [3.63, 3.8) is 0 Å². The number of hydrogen-bond acceptors (Lipinski definition) is 5. The van der Waals surface area contributed by atoms with Crippen LogP contribution in [0.15, 0.2) is 66.0 Å². The Morgan fingerprint density at radius 2 is 1.73 bits per heavy atom. The fourth-order valence-corrected chi connectivity index (χ4v) is 4.97. The topological polar surface area (TPSA) is 79.7 Å². The lowest BCUT2D eigenvalue weighted by atomic mass is 10.2. The lowest BCUT2D eigenvalue weighted by Crippen LogP contribution is -2.46. The SMILES string of the molecule is N#Cc1ccc(NC(=O)N(CCN2CCCC2)CC(=O)N(Cc2ccc(F)cc2)Cc2cccs2)cc1. The zero-order valence-electron chi connectivity index (χ0n) is 20.6. The third kappa shape index (κ3) is 7.87. The van der Waals surface area contributed by atoms with E-state index < -0.39 is 0 Å². The Morgan fingerprint density at radius 1 is 1.00 bits per heavy atom. The van der Waals surface area contributed by atoms with Gasteiger partial charge >= 0.3 is 6.03 Å². The molecule has 3 aromatic rings. The molecule has 37 heavy (non-hydrogen) atoms. The van der Waals surface area contributed by atoms with Crippen LogP contribution in [0.1, 0.15) is 28.8 Å². The molecule has 4 rings (SSSR count). The van der Waals surface area contributed by atoms with Gasteiger partial charge in [0.2, 0.25) is 5.91 Å².